The number of rotatable bonds is 4. The predicted molar refractivity (Wildman–Crippen MR) is 228 cm³/mol. The number of nitriles is 1. The maximum absolute atomic E-state index is 9.62. The van der Waals surface area contributed by atoms with Gasteiger partial charge in [-0.05, 0) is 117 Å². The van der Waals surface area contributed by atoms with Crippen molar-refractivity contribution in [2.45, 2.75) is 19.3 Å². The zero-order valence-electron chi connectivity index (χ0n) is 30.6. The highest BCUT2D eigenvalue weighted by Crippen LogP contribution is 2.50. The second-order valence-electron chi connectivity index (χ2n) is 15.3. The van der Waals surface area contributed by atoms with Gasteiger partial charge in [0.1, 0.15) is 0 Å². The third-order valence-corrected chi connectivity index (χ3v) is 11.9. The molecule has 0 fully saturated rings. The maximum Gasteiger partial charge on any atom is 0.0991 e. The molecule has 8 aromatic carbocycles. The fourth-order valence-corrected chi connectivity index (χ4v) is 9.23. The lowest BCUT2D eigenvalue weighted by atomic mass is 9.81. The molecule has 1 aliphatic carbocycles. The Balaban J connectivity index is 1.08. The van der Waals surface area contributed by atoms with Crippen molar-refractivity contribution in [2.24, 2.45) is 0 Å². The summed E-state index contributed by atoms with van der Waals surface area (Å²) < 4.78 is 4.80. The Bertz CT molecular complexity index is 3230. The molecule has 10 aromatic rings. The van der Waals surface area contributed by atoms with Gasteiger partial charge in [0.25, 0.3) is 0 Å². The van der Waals surface area contributed by atoms with Crippen molar-refractivity contribution < 1.29 is 0 Å². The molecule has 2 heterocycles. The van der Waals surface area contributed by atoms with Gasteiger partial charge in [-0.1, -0.05) is 117 Å². The van der Waals surface area contributed by atoms with Crippen molar-refractivity contribution in [3.8, 4) is 50.8 Å². The fraction of sp³-hybridized carbons (Fsp3) is 0.0577. The lowest BCUT2D eigenvalue weighted by molar-refractivity contribution is 0.660. The zero-order chi connectivity index (χ0) is 36.8. The average Bonchev–Trinajstić information content (AvgIpc) is 3.83. The second kappa shape index (κ2) is 11.7. The van der Waals surface area contributed by atoms with E-state index in [4.69, 9.17) is 0 Å². The highest BCUT2D eigenvalue weighted by molar-refractivity contribution is 6.13. The lowest BCUT2D eigenvalue weighted by Crippen LogP contribution is -2.15. The minimum atomic E-state index is -0.199. The number of fused-ring (bicyclic) bond motifs is 9. The molecule has 0 bridgehead atoms. The molecule has 55 heavy (non-hydrogen) atoms. The standard InChI is InChI=1S/C52H35N3/c1-52(2)46-27-33(32-53)17-22-40(46)41-23-18-35(29-47(41)52)34-21-26-49-45(28-34)44-25-20-37(31-51(44)55(49)39-13-7-4-8-14-39)36-19-24-43-42-15-9-10-16-48(42)54(50(43)30-36)38-11-5-3-6-12-38/h3-31H,1-2H3. The molecule has 11 rings (SSSR count). The van der Waals surface area contributed by atoms with Gasteiger partial charge in [0.2, 0.25) is 0 Å². The lowest BCUT2D eigenvalue weighted by Gasteiger charge is -2.22. The molecule has 2 aromatic heterocycles. The van der Waals surface area contributed by atoms with Crippen LogP contribution in [0.1, 0.15) is 30.5 Å². The van der Waals surface area contributed by atoms with Crippen molar-refractivity contribution in [3.63, 3.8) is 0 Å². The van der Waals surface area contributed by atoms with E-state index in [2.05, 4.69) is 199 Å². The largest absolute Gasteiger partial charge is 0.309 e. The van der Waals surface area contributed by atoms with Crippen molar-refractivity contribution in [1.82, 2.24) is 9.13 Å². The van der Waals surface area contributed by atoms with Crippen LogP contribution in [0, 0.1) is 11.3 Å². The first kappa shape index (κ1) is 31.4. The monoisotopic (exact) mass is 701 g/mol. The molecular weight excluding hydrogens is 667 g/mol. The second-order valence-corrected chi connectivity index (χ2v) is 15.3. The third kappa shape index (κ3) is 4.62. The Morgan fingerprint density at radius 1 is 0.400 bits per heavy atom. The van der Waals surface area contributed by atoms with Crippen LogP contribution in [0.3, 0.4) is 0 Å². The molecule has 0 saturated heterocycles. The van der Waals surface area contributed by atoms with Crippen LogP contribution in [0.4, 0.5) is 0 Å². The van der Waals surface area contributed by atoms with Crippen LogP contribution < -0.4 is 0 Å². The molecule has 3 heteroatoms. The van der Waals surface area contributed by atoms with Crippen molar-refractivity contribution >= 4 is 43.6 Å². The number of hydrogen-bond donors (Lipinski definition) is 0. The Morgan fingerprint density at radius 2 is 0.873 bits per heavy atom. The van der Waals surface area contributed by atoms with Gasteiger partial charge < -0.3 is 9.13 Å². The van der Waals surface area contributed by atoms with Gasteiger partial charge in [0.15, 0.2) is 0 Å². The molecule has 0 unspecified atom stereocenters. The van der Waals surface area contributed by atoms with Gasteiger partial charge in [0.05, 0.1) is 33.7 Å². The van der Waals surface area contributed by atoms with E-state index >= 15 is 0 Å². The summed E-state index contributed by atoms with van der Waals surface area (Å²) in [6.45, 7) is 4.55. The summed E-state index contributed by atoms with van der Waals surface area (Å²) in [5.74, 6) is 0. The van der Waals surface area contributed by atoms with Crippen molar-refractivity contribution in [1.29, 1.82) is 5.26 Å². The summed E-state index contributed by atoms with van der Waals surface area (Å²) in [6.07, 6.45) is 0. The average molecular weight is 702 g/mol. The van der Waals surface area contributed by atoms with Crippen LogP contribution in [-0.4, -0.2) is 9.13 Å². The van der Waals surface area contributed by atoms with Crippen LogP contribution in [-0.2, 0) is 5.41 Å². The minimum Gasteiger partial charge on any atom is -0.309 e. The quantitative estimate of drug-likeness (QED) is 0.180. The van der Waals surface area contributed by atoms with E-state index in [1.165, 1.54) is 88.1 Å². The molecule has 1 aliphatic rings. The Kier molecular flexibility index (Phi) is 6.66. The van der Waals surface area contributed by atoms with Crippen LogP contribution in [0.15, 0.2) is 176 Å². The van der Waals surface area contributed by atoms with Crippen LogP contribution >= 0.6 is 0 Å². The number of nitrogens with zero attached hydrogens (tertiary/aromatic N) is 3. The van der Waals surface area contributed by atoms with Crippen molar-refractivity contribution in [2.75, 3.05) is 0 Å². The Hall–Kier alpha value is -7.15. The van der Waals surface area contributed by atoms with Gasteiger partial charge in [0, 0.05) is 38.3 Å². The maximum atomic E-state index is 9.62. The SMILES string of the molecule is CC1(C)c2cc(C#N)ccc2-c2ccc(-c3ccc4c(c3)c3ccc(-c5ccc6c7ccccc7n(-c7ccccc7)c6c5)cc3n4-c3ccccc3)cc21. The zero-order valence-corrected chi connectivity index (χ0v) is 30.6. The van der Waals surface area contributed by atoms with Gasteiger partial charge >= 0.3 is 0 Å². The number of aromatic nitrogens is 2. The summed E-state index contributed by atoms with van der Waals surface area (Å²) in [6, 6.07) is 66.2. The molecule has 3 nitrogen and oxygen atoms in total. The van der Waals surface area contributed by atoms with E-state index in [1.54, 1.807) is 0 Å². The molecule has 0 aliphatic heterocycles. The Morgan fingerprint density at radius 3 is 1.53 bits per heavy atom. The van der Waals surface area contributed by atoms with Gasteiger partial charge in [-0.25, -0.2) is 0 Å². The smallest absolute Gasteiger partial charge is 0.0991 e. The first-order valence-corrected chi connectivity index (χ1v) is 18.9. The summed E-state index contributed by atoms with van der Waals surface area (Å²) >= 11 is 0. The van der Waals surface area contributed by atoms with E-state index in [1.807, 2.05) is 6.07 Å². The summed E-state index contributed by atoms with van der Waals surface area (Å²) in [7, 11) is 0. The molecule has 0 N–H and O–H groups in total. The van der Waals surface area contributed by atoms with Crippen LogP contribution in [0.2, 0.25) is 0 Å². The third-order valence-electron chi connectivity index (χ3n) is 11.9. The first-order valence-electron chi connectivity index (χ1n) is 18.9. The van der Waals surface area contributed by atoms with Crippen LogP contribution in [0.5, 0.6) is 0 Å². The minimum absolute atomic E-state index is 0.199. The van der Waals surface area contributed by atoms with Crippen LogP contribution in [0.25, 0.3) is 88.4 Å². The van der Waals surface area contributed by atoms with E-state index in [-0.39, 0.29) is 5.41 Å². The molecular formula is C52H35N3. The van der Waals surface area contributed by atoms with Gasteiger partial charge in [-0.3, -0.25) is 0 Å². The summed E-state index contributed by atoms with van der Waals surface area (Å²) in [5.41, 5.74) is 17.3. The highest BCUT2D eigenvalue weighted by Gasteiger charge is 2.36. The fourth-order valence-electron chi connectivity index (χ4n) is 9.23. The molecule has 0 radical (unpaired) electrons. The number of benzene rings is 8. The molecule has 0 atom stereocenters. The molecule has 0 saturated carbocycles. The molecule has 258 valence electrons. The van der Waals surface area contributed by atoms with E-state index in [0.29, 0.717) is 5.56 Å². The number of para-hydroxylation sites is 3. The van der Waals surface area contributed by atoms with E-state index in [0.717, 1.165) is 11.4 Å². The molecule has 0 amide bonds. The van der Waals surface area contributed by atoms with Crippen molar-refractivity contribution in [3.05, 3.63) is 193 Å². The normalized spacial score (nSPS) is 13.0. The van der Waals surface area contributed by atoms with Gasteiger partial charge in [-0.15, -0.1) is 0 Å². The highest BCUT2D eigenvalue weighted by atomic mass is 15.0. The first-order chi connectivity index (χ1) is 27.0. The molecule has 0 spiro atoms. The number of hydrogen-bond acceptors (Lipinski definition) is 1. The predicted octanol–water partition coefficient (Wildman–Crippen LogP) is 13.4. The Labute approximate surface area is 319 Å². The summed E-state index contributed by atoms with van der Waals surface area (Å²) in [5, 5.41) is 14.6. The summed E-state index contributed by atoms with van der Waals surface area (Å²) in [4.78, 5) is 0. The van der Waals surface area contributed by atoms with E-state index in [9.17, 15) is 5.26 Å². The van der Waals surface area contributed by atoms with Gasteiger partial charge in [-0.2, -0.15) is 5.26 Å². The topological polar surface area (TPSA) is 33.6 Å². The van der Waals surface area contributed by atoms with E-state index < -0.39 is 0 Å².